The van der Waals surface area contributed by atoms with E-state index in [1.165, 1.54) is 7.11 Å². The number of hydrogen-bond acceptors (Lipinski definition) is 3. The average Bonchev–Trinajstić information content (AvgIpc) is 2.86. The number of methoxy groups -OCH3 is 1. The quantitative estimate of drug-likeness (QED) is 0.482. The van der Waals surface area contributed by atoms with Crippen LogP contribution in [0.5, 0.6) is 0 Å². The lowest BCUT2D eigenvalue weighted by Crippen LogP contribution is -2.26. The molecule has 1 aliphatic heterocycles. The van der Waals surface area contributed by atoms with Gasteiger partial charge in [-0.3, -0.25) is 4.79 Å². The van der Waals surface area contributed by atoms with Crippen molar-refractivity contribution < 1.29 is 14.3 Å². The maximum atomic E-state index is 11.8. The van der Waals surface area contributed by atoms with Crippen LogP contribution in [-0.2, 0) is 14.3 Å². The maximum absolute atomic E-state index is 11.8. The zero-order valence-electron chi connectivity index (χ0n) is 8.89. The third-order valence-corrected chi connectivity index (χ3v) is 4.22. The lowest BCUT2D eigenvalue weighted by Gasteiger charge is -2.19. The van der Waals surface area contributed by atoms with Gasteiger partial charge in [0.25, 0.3) is 0 Å². The summed E-state index contributed by atoms with van der Waals surface area (Å²) in [7, 11) is 1.49. The average molecular weight is 208 g/mol. The highest BCUT2D eigenvalue weighted by molar-refractivity contribution is 5.74. The number of allylic oxidation sites excluding steroid dienone is 1. The van der Waals surface area contributed by atoms with E-state index in [-0.39, 0.29) is 18.0 Å². The normalized spacial score (nSPS) is 46.6. The highest BCUT2D eigenvalue weighted by Gasteiger charge is 2.56. The molecule has 1 saturated carbocycles. The van der Waals surface area contributed by atoms with Crippen LogP contribution in [0.4, 0.5) is 0 Å². The summed E-state index contributed by atoms with van der Waals surface area (Å²) >= 11 is 0. The molecule has 3 rings (SSSR count). The Balaban J connectivity index is 1.90. The number of carbonyl (C=O) groups is 1. The number of rotatable bonds is 1. The second kappa shape index (κ2) is 3.34. The first-order valence-corrected chi connectivity index (χ1v) is 5.69. The topological polar surface area (TPSA) is 35.5 Å². The van der Waals surface area contributed by atoms with E-state index in [4.69, 9.17) is 9.47 Å². The fourth-order valence-corrected chi connectivity index (χ4v) is 3.64. The first-order valence-electron chi connectivity index (χ1n) is 5.69. The summed E-state index contributed by atoms with van der Waals surface area (Å²) in [6.07, 6.45) is 6.73. The van der Waals surface area contributed by atoms with Crippen LogP contribution in [0.15, 0.2) is 12.2 Å². The van der Waals surface area contributed by atoms with E-state index in [0.29, 0.717) is 17.8 Å². The minimum Gasteiger partial charge on any atom is -0.469 e. The van der Waals surface area contributed by atoms with Crippen LogP contribution in [-0.4, -0.2) is 25.8 Å². The van der Waals surface area contributed by atoms with Crippen molar-refractivity contribution in [2.75, 3.05) is 13.7 Å². The van der Waals surface area contributed by atoms with Gasteiger partial charge in [0.2, 0.25) is 0 Å². The number of esters is 1. The molecule has 2 aliphatic carbocycles. The third kappa shape index (κ3) is 1.19. The maximum Gasteiger partial charge on any atom is 0.309 e. The molecule has 3 nitrogen and oxygen atoms in total. The van der Waals surface area contributed by atoms with E-state index in [1.54, 1.807) is 0 Å². The molecule has 0 amide bonds. The summed E-state index contributed by atoms with van der Waals surface area (Å²) in [5, 5.41) is 0. The van der Waals surface area contributed by atoms with Gasteiger partial charge in [0, 0.05) is 18.4 Å². The first-order chi connectivity index (χ1) is 7.33. The Morgan fingerprint density at radius 2 is 2.33 bits per heavy atom. The Hall–Kier alpha value is -0.830. The fourth-order valence-electron chi connectivity index (χ4n) is 3.64. The van der Waals surface area contributed by atoms with E-state index in [2.05, 4.69) is 12.2 Å². The SMILES string of the molecule is COC(=O)C1C2CCOC2[C@H]2C=CC[C@@H]12. The van der Waals surface area contributed by atoms with E-state index < -0.39 is 0 Å². The van der Waals surface area contributed by atoms with E-state index in [1.807, 2.05) is 0 Å². The van der Waals surface area contributed by atoms with Crippen LogP contribution in [0.3, 0.4) is 0 Å². The molecule has 0 aromatic rings. The summed E-state index contributed by atoms with van der Waals surface area (Å²) in [6, 6.07) is 0. The summed E-state index contributed by atoms with van der Waals surface area (Å²) in [6.45, 7) is 0.805. The van der Waals surface area contributed by atoms with Crippen LogP contribution in [0.2, 0.25) is 0 Å². The monoisotopic (exact) mass is 208 g/mol. The van der Waals surface area contributed by atoms with Gasteiger partial charge in [-0.15, -0.1) is 0 Å². The van der Waals surface area contributed by atoms with Crippen molar-refractivity contribution in [1.82, 2.24) is 0 Å². The molecule has 0 spiro atoms. The second-order valence-corrected chi connectivity index (χ2v) is 4.74. The zero-order chi connectivity index (χ0) is 10.4. The van der Waals surface area contributed by atoms with Gasteiger partial charge in [-0.25, -0.2) is 0 Å². The summed E-state index contributed by atoms with van der Waals surface area (Å²) < 4.78 is 10.7. The second-order valence-electron chi connectivity index (χ2n) is 4.74. The van der Waals surface area contributed by atoms with Crippen molar-refractivity contribution in [3.8, 4) is 0 Å². The van der Waals surface area contributed by atoms with Gasteiger partial charge in [-0.2, -0.15) is 0 Å². The molecule has 3 unspecified atom stereocenters. The number of carbonyl (C=O) groups excluding carboxylic acids is 1. The van der Waals surface area contributed by atoms with E-state index in [0.717, 1.165) is 19.4 Å². The van der Waals surface area contributed by atoms with Gasteiger partial charge >= 0.3 is 5.97 Å². The first kappa shape index (κ1) is 9.40. The van der Waals surface area contributed by atoms with Gasteiger partial charge < -0.3 is 9.47 Å². The molecule has 0 radical (unpaired) electrons. The largest absolute Gasteiger partial charge is 0.469 e. The van der Waals surface area contributed by atoms with Crippen LogP contribution in [0.1, 0.15) is 12.8 Å². The van der Waals surface area contributed by atoms with Gasteiger partial charge in [-0.05, 0) is 18.8 Å². The summed E-state index contributed by atoms with van der Waals surface area (Å²) in [4.78, 5) is 11.8. The molecule has 0 aromatic carbocycles. The van der Waals surface area contributed by atoms with Crippen molar-refractivity contribution in [3.05, 3.63) is 12.2 Å². The van der Waals surface area contributed by atoms with Crippen molar-refractivity contribution in [2.24, 2.45) is 23.7 Å². The smallest absolute Gasteiger partial charge is 0.309 e. The Morgan fingerprint density at radius 1 is 1.47 bits per heavy atom. The Labute approximate surface area is 89.4 Å². The van der Waals surface area contributed by atoms with Crippen LogP contribution >= 0.6 is 0 Å². The Bertz CT molecular complexity index is 310. The molecule has 3 heteroatoms. The molecule has 0 N–H and O–H groups in total. The predicted octanol–water partition coefficient (Wildman–Crippen LogP) is 1.39. The van der Waals surface area contributed by atoms with Crippen molar-refractivity contribution >= 4 is 5.97 Å². The summed E-state index contributed by atoms with van der Waals surface area (Å²) in [5.41, 5.74) is 0. The molecular formula is C12H16O3. The van der Waals surface area contributed by atoms with Crippen molar-refractivity contribution in [1.29, 1.82) is 0 Å². The number of hydrogen-bond donors (Lipinski definition) is 0. The van der Waals surface area contributed by atoms with Crippen LogP contribution < -0.4 is 0 Å². The Kier molecular flexibility index (Phi) is 2.09. The lowest BCUT2D eigenvalue weighted by atomic mass is 9.86. The van der Waals surface area contributed by atoms with Crippen molar-refractivity contribution in [2.45, 2.75) is 18.9 Å². The number of fused-ring (bicyclic) bond motifs is 3. The van der Waals surface area contributed by atoms with Gasteiger partial charge in [0.15, 0.2) is 0 Å². The minimum absolute atomic E-state index is 0.0355. The molecule has 82 valence electrons. The summed E-state index contributed by atoms with van der Waals surface area (Å²) in [5.74, 6) is 1.33. The van der Waals surface area contributed by atoms with Crippen molar-refractivity contribution in [3.63, 3.8) is 0 Å². The highest BCUT2D eigenvalue weighted by Crippen LogP contribution is 2.52. The number of ether oxygens (including phenoxy) is 2. The molecule has 3 aliphatic rings. The van der Waals surface area contributed by atoms with E-state index in [9.17, 15) is 4.79 Å². The molecule has 15 heavy (non-hydrogen) atoms. The van der Waals surface area contributed by atoms with Gasteiger partial charge in [0.1, 0.15) is 0 Å². The molecule has 2 fully saturated rings. The zero-order valence-corrected chi connectivity index (χ0v) is 8.89. The van der Waals surface area contributed by atoms with E-state index >= 15 is 0 Å². The predicted molar refractivity (Wildman–Crippen MR) is 54.1 cm³/mol. The molecule has 0 bridgehead atoms. The minimum atomic E-state index is -0.0355. The molecule has 1 heterocycles. The standard InChI is InChI=1S/C12H16O3/c1-14-12(13)10-7-3-2-4-8(7)11-9(10)5-6-15-11/h2,4,7-11H,3,5-6H2,1H3/t7-,8+,9?,10?,11?/m1/s1. The molecule has 0 aromatic heterocycles. The molecule has 5 atom stereocenters. The van der Waals surface area contributed by atoms with Gasteiger partial charge in [0.05, 0.1) is 19.1 Å². The Morgan fingerprint density at radius 3 is 3.13 bits per heavy atom. The molecular weight excluding hydrogens is 192 g/mol. The van der Waals surface area contributed by atoms with Crippen LogP contribution in [0, 0.1) is 23.7 Å². The lowest BCUT2D eigenvalue weighted by molar-refractivity contribution is -0.148. The fraction of sp³-hybridized carbons (Fsp3) is 0.750. The third-order valence-electron chi connectivity index (χ3n) is 4.22. The molecule has 1 saturated heterocycles. The van der Waals surface area contributed by atoms with Gasteiger partial charge in [-0.1, -0.05) is 12.2 Å². The highest BCUT2D eigenvalue weighted by atomic mass is 16.5. The van der Waals surface area contributed by atoms with Crippen LogP contribution in [0.25, 0.3) is 0 Å².